The van der Waals surface area contributed by atoms with Gasteiger partial charge in [-0.25, -0.2) is 4.39 Å². The van der Waals surface area contributed by atoms with Gasteiger partial charge in [-0.2, -0.15) is 0 Å². The highest BCUT2D eigenvalue weighted by molar-refractivity contribution is 7.99. The van der Waals surface area contributed by atoms with Crippen molar-refractivity contribution in [3.8, 4) is 0 Å². The number of benzene rings is 2. The number of halogens is 1. The summed E-state index contributed by atoms with van der Waals surface area (Å²) in [5.41, 5.74) is 2.28. The van der Waals surface area contributed by atoms with E-state index in [9.17, 15) is 9.18 Å². The van der Waals surface area contributed by atoms with Crippen molar-refractivity contribution in [2.24, 2.45) is 0 Å². The van der Waals surface area contributed by atoms with Gasteiger partial charge >= 0.3 is 0 Å². The average molecular weight is 303 g/mol. The van der Waals surface area contributed by atoms with Gasteiger partial charge in [-0.05, 0) is 30.2 Å². The molecule has 0 aliphatic carbocycles. The normalized spacial score (nSPS) is 10.4. The average Bonchev–Trinajstić information content (AvgIpc) is 2.48. The largest absolute Gasteiger partial charge is 0.352 e. The Bertz CT molecular complexity index is 615. The zero-order valence-electron chi connectivity index (χ0n) is 11.9. The minimum Gasteiger partial charge on any atom is -0.352 e. The van der Waals surface area contributed by atoms with Gasteiger partial charge in [0.1, 0.15) is 5.82 Å². The molecule has 0 spiro atoms. The van der Waals surface area contributed by atoms with Crippen molar-refractivity contribution in [1.82, 2.24) is 5.32 Å². The van der Waals surface area contributed by atoms with E-state index in [1.165, 1.54) is 23.4 Å². The lowest BCUT2D eigenvalue weighted by Gasteiger charge is -2.08. The molecular weight excluding hydrogens is 285 g/mol. The van der Waals surface area contributed by atoms with E-state index in [4.69, 9.17) is 0 Å². The predicted octanol–water partition coefficient (Wildman–Crippen LogP) is 3.93. The molecule has 0 heterocycles. The van der Waals surface area contributed by atoms with Crippen LogP contribution in [0.1, 0.15) is 17.5 Å². The first-order valence-electron chi connectivity index (χ1n) is 6.85. The fraction of sp³-hybridized carbons (Fsp3) is 0.235. The van der Waals surface area contributed by atoms with Gasteiger partial charge in [0.25, 0.3) is 0 Å². The minimum atomic E-state index is -0.234. The molecule has 0 saturated carbocycles. The molecule has 0 saturated heterocycles. The number of aryl methyl sites for hydroxylation is 1. The second-order valence-electron chi connectivity index (χ2n) is 4.73. The third-order valence-corrected chi connectivity index (χ3v) is 4.21. The van der Waals surface area contributed by atoms with E-state index in [0.29, 0.717) is 23.6 Å². The first-order chi connectivity index (χ1) is 10.2. The smallest absolute Gasteiger partial charge is 0.221 e. The van der Waals surface area contributed by atoms with E-state index in [-0.39, 0.29) is 11.7 Å². The van der Waals surface area contributed by atoms with Crippen molar-refractivity contribution < 1.29 is 9.18 Å². The quantitative estimate of drug-likeness (QED) is 0.819. The molecular formula is C17H18FNOS. The lowest BCUT2D eigenvalue weighted by atomic mass is 10.1. The van der Waals surface area contributed by atoms with Gasteiger partial charge in [0.15, 0.2) is 0 Å². The Morgan fingerprint density at radius 3 is 2.62 bits per heavy atom. The van der Waals surface area contributed by atoms with E-state index in [0.717, 1.165) is 5.56 Å². The summed E-state index contributed by atoms with van der Waals surface area (Å²) in [5.74, 6) is 0.325. The molecule has 1 amide bonds. The van der Waals surface area contributed by atoms with Crippen LogP contribution in [0.15, 0.2) is 53.4 Å². The van der Waals surface area contributed by atoms with Crippen LogP contribution in [0.4, 0.5) is 4.39 Å². The van der Waals surface area contributed by atoms with Gasteiger partial charge in [-0.15, -0.1) is 11.8 Å². The number of rotatable bonds is 6. The summed E-state index contributed by atoms with van der Waals surface area (Å²) in [6.45, 7) is 2.56. The minimum absolute atomic E-state index is 0.0120. The van der Waals surface area contributed by atoms with E-state index < -0.39 is 0 Å². The van der Waals surface area contributed by atoms with Gasteiger partial charge in [0.05, 0.1) is 0 Å². The molecule has 0 atom stereocenters. The number of amides is 1. The van der Waals surface area contributed by atoms with Gasteiger partial charge in [-0.3, -0.25) is 4.79 Å². The number of carbonyl (C=O) groups is 1. The topological polar surface area (TPSA) is 29.1 Å². The van der Waals surface area contributed by atoms with Crippen LogP contribution in [-0.2, 0) is 11.3 Å². The molecule has 4 heteroatoms. The second kappa shape index (κ2) is 7.84. The van der Waals surface area contributed by atoms with Gasteiger partial charge in [-0.1, -0.05) is 36.4 Å². The molecule has 0 aliphatic rings. The summed E-state index contributed by atoms with van der Waals surface area (Å²) in [7, 11) is 0. The van der Waals surface area contributed by atoms with Crippen molar-refractivity contribution in [2.45, 2.75) is 24.8 Å². The first-order valence-corrected chi connectivity index (χ1v) is 7.84. The van der Waals surface area contributed by atoms with Crippen molar-refractivity contribution in [3.63, 3.8) is 0 Å². The molecule has 0 unspecified atom stereocenters. The van der Waals surface area contributed by atoms with Crippen molar-refractivity contribution >= 4 is 17.7 Å². The molecule has 0 aliphatic heterocycles. The maximum absolute atomic E-state index is 13.4. The Kier molecular flexibility index (Phi) is 5.81. The van der Waals surface area contributed by atoms with Crippen LogP contribution < -0.4 is 5.32 Å². The third kappa shape index (κ3) is 4.90. The van der Waals surface area contributed by atoms with Crippen molar-refractivity contribution in [1.29, 1.82) is 0 Å². The maximum Gasteiger partial charge on any atom is 0.221 e. The van der Waals surface area contributed by atoms with Crippen LogP contribution in [0.25, 0.3) is 0 Å². The monoisotopic (exact) mass is 303 g/mol. The zero-order valence-corrected chi connectivity index (χ0v) is 12.8. The summed E-state index contributed by atoms with van der Waals surface area (Å²) in [6.07, 6.45) is 0.380. The van der Waals surface area contributed by atoms with Gasteiger partial charge in [0.2, 0.25) is 5.91 Å². The number of nitrogens with one attached hydrogen (secondary N) is 1. The highest BCUT2D eigenvalue weighted by Crippen LogP contribution is 2.21. The maximum atomic E-state index is 13.4. The Morgan fingerprint density at radius 2 is 1.86 bits per heavy atom. The molecule has 0 fully saturated rings. The Morgan fingerprint density at radius 1 is 1.14 bits per heavy atom. The molecule has 110 valence electrons. The Labute approximate surface area is 128 Å². The number of thioether (sulfide) groups is 1. The number of hydrogen-bond acceptors (Lipinski definition) is 2. The fourth-order valence-electron chi connectivity index (χ4n) is 1.91. The zero-order chi connectivity index (χ0) is 15.1. The number of hydrogen-bond donors (Lipinski definition) is 1. The molecule has 2 nitrogen and oxygen atoms in total. The molecule has 1 N–H and O–H groups in total. The van der Waals surface area contributed by atoms with E-state index in [1.807, 2.05) is 31.2 Å². The lowest BCUT2D eigenvalue weighted by molar-refractivity contribution is -0.120. The number of carbonyl (C=O) groups excluding carboxylic acids is 1. The molecule has 0 radical (unpaired) electrons. The van der Waals surface area contributed by atoms with E-state index in [1.54, 1.807) is 18.2 Å². The summed E-state index contributed by atoms with van der Waals surface area (Å²) >= 11 is 1.36. The Hall–Kier alpha value is -1.81. The van der Waals surface area contributed by atoms with Gasteiger partial charge in [0, 0.05) is 23.6 Å². The standard InChI is InChI=1S/C17H18FNOS/c1-13-6-2-3-7-14(13)12-19-17(20)10-11-21-16-9-5-4-8-15(16)18/h2-9H,10-12H2,1H3,(H,19,20). The molecule has 2 aromatic carbocycles. The van der Waals surface area contributed by atoms with Gasteiger partial charge < -0.3 is 5.32 Å². The predicted molar refractivity (Wildman–Crippen MR) is 84.8 cm³/mol. The summed E-state index contributed by atoms with van der Waals surface area (Å²) in [4.78, 5) is 12.4. The fourth-order valence-corrected chi connectivity index (χ4v) is 2.79. The summed E-state index contributed by atoms with van der Waals surface area (Å²) in [5, 5.41) is 2.89. The molecule has 21 heavy (non-hydrogen) atoms. The Balaban J connectivity index is 1.73. The first kappa shape index (κ1) is 15.6. The van der Waals surface area contributed by atoms with Crippen LogP contribution in [0, 0.1) is 12.7 Å². The second-order valence-corrected chi connectivity index (χ2v) is 5.87. The molecule has 0 aromatic heterocycles. The van der Waals surface area contributed by atoms with E-state index in [2.05, 4.69) is 5.32 Å². The highest BCUT2D eigenvalue weighted by Gasteiger charge is 2.05. The molecule has 2 aromatic rings. The molecule has 2 rings (SSSR count). The van der Waals surface area contributed by atoms with Crippen LogP contribution in [0.2, 0.25) is 0 Å². The molecule has 0 bridgehead atoms. The summed E-state index contributed by atoms with van der Waals surface area (Å²) < 4.78 is 13.4. The van der Waals surface area contributed by atoms with Crippen LogP contribution >= 0.6 is 11.8 Å². The summed E-state index contributed by atoms with van der Waals surface area (Å²) in [6, 6.07) is 14.6. The van der Waals surface area contributed by atoms with E-state index >= 15 is 0 Å². The lowest BCUT2D eigenvalue weighted by Crippen LogP contribution is -2.23. The van der Waals surface area contributed by atoms with Crippen molar-refractivity contribution in [2.75, 3.05) is 5.75 Å². The van der Waals surface area contributed by atoms with Crippen LogP contribution in [0.3, 0.4) is 0 Å². The highest BCUT2D eigenvalue weighted by atomic mass is 32.2. The van der Waals surface area contributed by atoms with Crippen molar-refractivity contribution in [3.05, 3.63) is 65.5 Å². The van der Waals surface area contributed by atoms with Crippen LogP contribution in [0.5, 0.6) is 0 Å². The van der Waals surface area contributed by atoms with Crippen LogP contribution in [-0.4, -0.2) is 11.7 Å². The SMILES string of the molecule is Cc1ccccc1CNC(=O)CCSc1ccccc1F. The third-order valence-electron chi connectivity index (χ3n) is 3.16.